The zero-order chi connectivity index (χ0) is 22.3. The average molecular weight is 449 g/mol. The van der Waals surface area contributed by atoms with Crippen molar-refractivity contribution in [2.24, 2.45) is 5.92 Å². The lowest BCUT2D eigenvalue weighted by Crippen LogP contribution is -2.48. The normalized spacial score (nSPS) is 12.0. The number of aryl methyl sites for hydroxylation is 2. The second kappa shape index (κ2) is 11.4. The van der Waals surface area contributed by atoms with E-state index in [2.05, 4.69) is 5.32 Å². The van der Waals surface area contributed by atoms with Gasteiger partial charge in [-0.15, -0.1) is 0 Å². The van der Waals surface area contributed by atoms with Crippen LogP contribution in [0.5, 0.6) is 0 Å². The van der Waals surface area contributed by atoms with Crippen LogP contribution in [0.25, 0.3) is 0 Å². The van der Waals surface area contributed by atoms with Crippen molar-refractivity contribution in [2.75, 3.05) is 6.54 Å². The number of carbonyl (C=O) groups is 2. The van der Waals surface area contributed by atoms with Gasteiger partial charge in [-0.05, 0) is 49.4 Å². The number of nitrogens with zero attached hydrogens (tertiary/aromatic N) is 1. The van der Waals surface area contributed by atoms with Gasteiger partial charge in [-0.3, -0.25) is 9.59 Å². The molecule has 0 unspecified atom stereocenters. The highest BCUT2D eigenvalue weighted by Gasteiger charge is 2.26. The molecule has 0 saturated heterocycles. The predicted molar refractivity (Wildman–Crippen MR) is 124 cm³/mol. The zero-order valence-electron chi connectivity index (χ0n) is 18.0. The standard InChI is InChI=1S/C24H30Cl2N2O2/c1-16(2)14-27-24(30)18(4)28(15-20-10-11-21(25)13-22(20)26)23(29)12-9-19-7-5-17(3)6-8-19/h5-8,10-11,13,16,18H,9,12,14-15H2,1-4H3,(H,27,30)/t18-/m0/s1. The van der Waals surface area contributed by atoms with Crippen LogP contribution in [0.3, 0.4) is 0 Å². The molecule has 0 saturated carbocycles. The van der Waals surface area contributed by atoms with E-state index in [-0.39, 0.29) is 18.4 Å². The topological polar surface area (TPSA) is 49.4 Å². The molecule has 0 aliphatic rings. The molecule has 0 aliphatic heterocycles. The molecule has 0 aromatic heterocycles. The van der Waals surface area contributed by atoms with Gasteiger partial charge in [-0.1, -0.05) is 72.9 Å². The summed E-state index contributed by atoms with van der Waals surface area (Å²) in [5.74, 6) is 0.0730. The molecule has 0 fully saturated rings. The molecule has 4 nitrogen and oxygen atoms in total. The Hall–Kier alpha value is -2.04. The summed E-state index contributed by atoms with van der Waals surface area (Å²) >= 11 is 12.3. The number of hydrogen-bond acceptors (Lipinski definition) is 2. The highest BCUT2D eigenvalue weighted by atomic mass is 35.5. The van der Waals surface area contributed by atoms with Crippen molar-refractivity contribution < 1.29 is 9.59 Å². The predicted octanol–water partition coefficient (Wildman–Crippen LogP) is 5.42. The summed E-state index contributed by atoms with van der Waals surface area (Å²) in [4.78, 5) is 27.4. The van der Waals surface area contributed by atoms with Gasteiger partial charge in [-0.25, -0.2) is 0 Å². The smallest absolute Gasteiger partial charge is 0.242 e. The number of carbonyl (C=O) groups excluding carboxylic acids is 2. The molecular weight excluding hydrogens is 419 g/mol. The lowest BCUT2D eigenvalue weighted by molar-refractivity contribution is -0.140. The number of halogens is 2. The number of nitrogens with one attached hydrogen (secondary N) is 1. The second-order valence-corrected chi connectivity index (χ2v) is 8.90. The third kappa shape index (κ3) is 7.33. The monoisotopic (exact) mass is 448 g/mol. The summed E-state index contributed by atoms with van der Waals surface area (Å²) < 4.78 is 0. The third-order valence-electron chi connectivity index (χ3n) is 4.96. The van der Waals surface area contributed by atoms with Crippen molar-refractivity contribution in [3.63, 3.8) is 0 Å². The largest absolute Gasteiger partial charge is 0.354 e. The minimum Gasteiger partial charge on any atom is -0.354 e. The third-order valence-corrected chi connectivity index (χ3v) is 5.54. The van der Waals surface area contributed by atoms with Crippen molar-refractivity contribution >= 4 is 35.0 Å². The summed E-state index contributed by atoms with van der Waals surface area (Å²) in [6.07, 6.45) is 0.931. The minimum absolute atomic E-state index is 0.0891. The van der Waals surface area contributed by atoms with Gasteiger partial charge in [-0.2, -0.15) is 0 Å². The van der Waals surface area contributed by atoms with Gasteiger partial charge >= 0.3 is 0 Å². The maximum Gasteiger partial charge on any atom is 0.242 e. The van der Waals surface area contributed by atoms with Gasteiger partial charge < -0.3 is 10.2 Å². The van der Waals surface area contributed by atoms with Crippen molar-refractivity contribution in [1.29, 1.82) is 0 Å². The molecule has 162 valence electrons. The summed E-state index contributed by atoms with van der Waals surface area (Å²) in [5, 5.41) is 3.93. The maximum absolute atomic E-state index is 13.1. The Morgan fingerprint density at radius 1 is 1.03 bits per heavy atom. The molecule has 30 heavy (non-hydrogen) atoms. The van der Waals surface area contributed by atoms with Crippen LogP contribution in [0.1, 0.15) is 43.9 Å². The Labute approximate surface area is 189 Å². The Morgan fingerprint density at radius 3 is 2.30 bits per heavy atom. The van der Waals surface area contributed by atoms with Gasteiger partial charge in [0.05, 0.1) is 0 Å². The van der Waals surface area contributed by atoms with E-state index in [4.69, 9.17) is 23.2 Å². The van der Waals surface area contributed by atoms with Gasteiger partial charge in [0.2, 0.25) is 11.8 Å². The molecule has 0 radical (unpaired) electrons. The van der Waals surface area contributed by atoms with Crippen LogP contribution in [0.2, 0.25) is 10.0 Å². The van der Waals surface area contributed by atoms with E-state index in [0.29, 0.717) is 35.3 Å². The Morgan fingerprint density at radius 2 is 1.70 bits per heavy atom. The zero-order valence-corrected chi connectivity index (χ0v) is 19.6. The van der Waals surface area contributed by atoms with Crippen LogP contribution in [0.15, 0.2) is 42.5 Å². The molecule has 1 atom stereocenters. The Bertz CT molecular complexity index is 866. The second-order valence-electron chi connectivity index (χ2n) is 8.06. The van der Waals surface area contributed by atoms with Crippen LogP contribution in [0, 0.1) is 12.8 Å². The minimum atomic E-state index is -0.610. The molecule has 2 aromatic carbocycles. The maximum atomic E-state index is 13.1. The molecular formula is C24H30Cl2N2O2. The first-order valence-electron chi connectivity index (χ1n) is 10.2. The van der Waals surface area contributed by atoms with Crippen LogP contribution in [-0.2, 0) is 22.6 Å². The van der Waals surface area contributed by atoms with Crippen LogP contribution in [-0.4, -0.2) is 29.3 Å². The Balaban J connectivity index is 2.16. The highest BCUT2D eigenvalue weighted by Crippen LogP contribution is 2.23. The summed E-state index contributed by atoms with van der Waals surface area (Å²) in [6, 6.07) is 12.7. The van der Waals surface area contributed by atoms with E-state index in [1.54, 1.807) is 30.0 Å². The molecule has 6 heteroatoms. The SMILES string of the molecule is Cc1ccc(CCC(=O)N(Cc2ccc(Cl)cc2Cl)[C@@H](C)C(=O)NCC(C)C)cc1. The average Bonchev–Trinajstić information content (AvgIpc) is 2.70. The molecule has 2 rings (SSSR count). The number of benzene rings is 2. The lowest BCUT2D eigenvalue weighted by Gasteiger charge is -2.29. The van der Waals surface area contributed by atoms with E-state index in [1.807, 2.05) is 45.0 Å². The molecule has 2 aromatic rings. The number of rotatable bonds is 9. The van der Waals surface area contributed by atoms with Gasteiger partial charge in [0.15, 0.2) is 0 Å². The molecule has 2 amide bonds. The molecule has 1 N–H and O–H groups in total. The van der Waals surface area contributed by atoms with Crippen LogP contribution in [0.4, 0.5) is 0 Å². The fourth-order valence-electron chi connectivity index (χ4n) is 3.02. The van der Waals surface area contributed by atoms with Gasteiger partial charge in [0, 0.05) is 29.6 Å². The van der Waals surface area contributed by atoms with Crippen molar-refractivity contribution in [3.8, 4) is 0 Å². The first-order valence-corrected chi connectivity index (χ1v) is 11.0. The van der Waals surface area contributed by atoms with Crippen LogP contribution < -0.4 is 5.32 Å². The first-order chi connectivity index (χ1) is 14.2. The van der Waals surface area contributed by atoms with Crippen LogP contribution >= 0.6 is 23.2 Å². The number of amides is 2. The summed E-state index contributed by atoms with van der Waals surface area (Å²) in [7, 11) is 0. The summed E-state index contributed by atoms with van der Waals surface area (Å²) in [5.41, 5.74) is 3.03. The fraction of sp³-hybridized carbons (Fsp3) is 0.417. The van der Waals surface area contributed by atoms with Crippen molar-refractivity contribution in [2.45, 2.75) is 53.1 Å². The van der Waals surface area contributed by atoms with E-state index in [9.17, 15) is 9.59 Å². The van der Waals surface area contributed by atoms with E-state index >= 15 is 0 Å². The molecule has 0 heterocycles. The molecule has 0 aliphatic carbocycles. The van der Waals surface area contributed by atoms with E-state index < -0.39 is 6.04 Å². The number of hydrogen-bond donors (Lipinski definition) is 1. The quantitative estimate of drug-likeness (QED) is 0.556. The van der Waals surface area contributed by atoms with E-state index in [0.717, 1.165) is 11.1 Å². The van der Waals surface area contributed by atoms with Gasteiger partial charge in [0.1, 0.15) is 6.04 Å². The molecule has 0 spiro atoms. The highest BCUT2D eigenvalue weighted by molar-refractivity contribution is 6.35. The molecule has 0 bridgehead atoms. The lowest BCUT2D eigenvalue weighted by atomic mass is 10.1. The van der Waals surface area contributed by atoms with Gasteiger partial charge in [0.25, 0.3) is 0 Å². The van der Waals surface area contributed by atoms with Crippen molar-refractivity contribution in [1.82, 2.24) is 10.2 Å². The first kappa shape index (κ1) is 24.2. The fourth-order valence-corrected chi connectivity index (χ4v) is 3.49. The van der Waals surface area contributed by atoms with Crippen molar-refractivity contribution in [3.05, 3.63) is 69.2 Å². The summed E-state index contributed by atoms with van der Waals surface area (Å²) in [6.45, 7) is 8.66. The van der Waals surface area contributed by atoms with E-state index in [1.165, 1.54) is 5.56 Å². The Kier molecular flexibility index (Phi) is 9.19.